The molecule has 0 amide bonds. The fraction of sp³-hybridized carbons (Fsp3) is 0.182. The lowest BCUT2D eigenvalue weighted by Gasteiger charge is -2.09. The minimum absolute atomic E-state index is 0.127. The Labute approximate surface area is 99.6 Å². The molecule has 1 aromatic carbocycles. The van der Waals surface area contributed by atoms with Gasteiger partial charge >= 0.3 is 6.18 Å². The highest BCUT2D eigenvalue weighted by molar-refractivity contribution is 5.68. The van der Waals surface area contributed by atoms with Crippen LogP contribution in [0.2, 0.25) is 0 Å². The number of aromatic nitrogens is 2. The van der Waals surface area contributed by atoms with Crippen LogP contribution in [-0.4, -0.2) is 10.2 Å². The largest absolute Gasteiger partial charge is 0.416 e. The summed E-state index contributed by atoms with van der Waals surface area (Å²) in [5, 5.41) is 6.06. The van der Waals surface area contributed by atoms with E-state index in [1.807, 2.05) is 0 Å². The molecule has 0 aliphatic carbocycles. The Morgan fingerprint density at radius 2 is 1.94 bits per heavy atom. The molecule has 0 saturated heterocycles. The zero-order chi connectivity index (χ0) is 13.5. The molecule has 1 heterocycles. The van der Waals surface area contributed by atoms with Gasteiger partial charge in [-0.3, -0.25) is 5.10 Å². The average Bonchev–Trinajstić information content (AvgIpc) is 2.59. The number of halogens is 4. The Kier molecular flexibility index (Phi) is 2.76. The van der Waals surface area contributed by atoms with Crippen molar-refractivity contribution in [3.8, 4) is 11.3 Å². The second-order valence-electron chi connectivity index (χ2n) is 3.80. The summed E-state index contributed by atoms with van der Waals surface area (Å²) in [6, 6.07) is 2.19. The molecule has 0 aliphatic heterocycles. The maximum Gasteiger partial charge on any atom is 0.416 e. The normalized spacial score (nSPS) is 11.8. The lowest BCUT2D eigenvalue weighted by molar-refractivity contribution is -0.137. The number of nitrogen functional groups attached to an aromatic ring is 1. The van der Waals surface area contributed by atoms with E-state index in [-0.39, 0.29) is 17.1 Å². The summed E-state index contributed by atoms with van der Waals surface area (Å²) in [6.07, 6.45) is -4.53. The van der Waals surface area contributed by atoms with E-state index in [9.17, 15) is 17.6 Å². The molecule has 0 unspecified atom stereocenters. The number of aromatic amines is 1. The third-order valence-corrected chi connectivity index (χ3v) is 2.61. The van der Waals surface area contributed by atoms with Gasteiger partial charge in [0.05, 0.1) is 11.3 Å². The first-order valence-corrected chi connectivity index (χ1v) is 4.98. The number of hydrogen-bond donors (Lipinski definition) is 2. The highest BCUT2D eigenvalue weighted by Gasteiger charge is 2.31. The van der Waals surface area contributed by atoms with Crippen LogP contribution in [0.4, 0.5) is 23.4 Å². The SMILES string of the molecule is Cc1c(N)n[nH]c1-c1cc(C(F)(F)F)ccc1F. The molecule has 0 fully saturated rings. The molecule has 0 saturated carbocycles. The summed E-state index contributed by atoms with van der Waals surface area (Å²) < 4.78 is 51.2. The van der Waals surface area contributed by atoms with Crippen LogP contribution in [0.25, 0.3) is 11.3 Å². The van der Waals surface area contributed by atoms with Crippen molar-refractivity contribution < 1.29 is 17.6 Å². The van der Waals surface area contributed by atoms with Crippen LogP contribution in [0.15, 0.2) is 18.2 Å². The van der Waals surface area contributed by atoms with Gasteiger partial charge in [0.1, 0.15) is 11.6 Å². The molecule has 7 heteroatoms. The van der Waals surface area contributed by atoms with Crippen molar-refractivity contribution in [2.75, 3.05) is 5.73 Å². The first kappa shape index (κ1) is 12.4. The molecule has 3 nitrogen and oxygen atoms in total. The van der Waals surface area contributed by atoms with E-state index in [0.29, 0.717) is 11.6 Å². The van der Waals surface area contributed by atoms with Crippen molar-refractivity contribution in [2.24, 2.45) is 0 Å². The van der Waals surface area contributed by atoms with Gasteiger partial charge in [0.25, 0.3) is 0 Å². The van der Waals surface area contributed by atoms with Gasteiger partial charge in [-0.15, -0.1) is 0 Å². The number of anilines is 1. The minimum atomic E-state index is -4.53. The highest BCUT2D eigenvalue weighted by Crippen LogP contribution is 2.34. The van der Waals surface area contributed by atoms with Crippen LogP contribution in [0.5, 0.6) is 0 Å². The van der Waals surface area contributed by atoms with Crippen molar-refractivity contribution >= 4 is 5.82 Å². The molecule has 0 bridgehead atoms. The molecule has 96 valence electrons. The molecule has 3 N–H and O–H groups in total. The monoisotopic (exact) mass is 259 g/mol. The van der Waals surface area contributed by atoms with Crippen molar-refractivity contribution in [1.29, 1.82) is 0 Å². The van der Waals surface area contributed by atoms with Crippen molar-refractivity contribution in [3.05, 3.63) is 35.1 Å². The van der Waals surface area contributed by atoms with E-state index in [1.165, 1.54) is 0 Å². The third-order valence-electron chi connectivity index (χ3n) is 2.61. The molecule has 18 heavy (non-hydrogen) atoms. The number of benzene rings is 1. The fourth-order valence-electron chi connectivity index (χ4n) is 1.57. The van der Waals surface area contributed by atoms with Crippen LogP contribution in [0, 0.1) is 12.7 Å². The molecule has 0 atom stereocenters. The number of nitrogens with two attached hydrogens (primary N) is 1. The number of nitrogens with zero attached hydrogens (tertiary/aromatic N) is 1. The molecule has 0 radical (unpaired) electrons. The molecule has 1 aromatic heterocycles. The molecule has 2 rings (SSSR count). The Morgan fingerprint density at radius 3 is 2.44 bits per heavy atom. The van der Waals surface area contributed by atoms with E-state index in [2.05, 4.69) is 10.2 Å². The summed E-state index contributed by atoms with van der Waals surface area (Å²) in [6.45, 7) is 1.55. The van der Waals surface area contributed by atoms with E-state index in [0.717, 1.165) is 12.1 Å². The van der Waals surface area contributed by atoms with Crippen LogP contribution in [0.1, 0.15) is 11.1 Å². The van der Waals surface area contributed by atoms with Gasteiger partial charge in [-0.25, -0.2) is 4.39 Å². The van der Waals surface area contributed by atoms with Gasteiger partial charge in [0, 0.05) is 11.1 Å². The zero-order valence-electron chi connectivity index (χ0n) is 9.27. The Bertz CT molecular complexity index is 586. The lowest BCUT2D eigenvalue weighted by Crippen LogP contribution is -2.05. The minimum Gasteiger partial charge on any atom is -0.382 e. The Balaban J connectivity index is 2.61. The molecular weight excluding hydrogens is 250 g/mol. The average molecular weight is 259 g/mol. The standard InChI is InChI=1S/C11H9F4N3/c1-5-9(17-18-10(5)16)7-4-6(11(13,14)15)2-3-8(7)12/h2-4H,1H3,(H3,16,17,18). The van der Waals surface area contributed by atoms with Crippen molar-refractivity contribution in [3.63, 3.8) is 0 Å². The number of nitrogens with one attached hydrogen (secondary N) is 1. The predicted molar refractivity (Wildman–Crippen MR) is 58.1 cm³/mol. The van der Waals surface area contributed by atoms with E-state index < -0.39 is 17.6 Å². The van der Waals surface area contributed by atoms with Crippen LogP contribution >= 0.6 is 0 Å². The van der Waals surface area contributed by atoms with Gasteiger partial charge in [-0.1, -0.05) is 0 Å². The summed E-state index contributed by atoms with van der Waals surface area (Å²) in [5.74, 6) is -0.642. The topological polar surface area (TPSA) is 54.7 Å². The van der Waals surface area contributed by atoms with Gasteiger partial charge in [-0.05, 0) is 25.1 Å². The first-order valence-electron chi connectivity index (χ1n) is 4.98. The number of hydrogen-bond acceptors (Lipinski definition) is 2. The fourth-order valence-corrected chi connectivity index (χ4v) is 1.57. The second-order valence-corrected chi connectivity index (χ2v) is 3.80. The molecule has 2 aromatic rings. The highest BCUT2D eigenvalue weighted by atomic mass is 19.4. The summed E-state index contributed by atoms with van der Waals surface area (Å²) in [5.41, 5.74) is 4.90. The van der Waals surface area contributed by atoms with Gasteiger partial charge in [0.15, 0.2) is 0 Å². The second kappa shape index (κ2) is 4.01. The quantitative estimate of drug-likeness (QED) is 0.773. The van der Waals surface area contributed by atoms with Crippen LogP contribution in [-0.2, 0) is 6.18 Å². The van der Waals surface area contributed by atoms with E-state index >= 15 is 0 Å². The summed E-state index contributed by atoms with van der Waals surface area (Å²) >= 11 is 0. The smallest absolute Gasteiger partial charge is 0.382 e. The summed E-state index contributed by atoms with van der Waals surface area (Å²) in [7, 11) is 0. The first-order chi connectivity index (χ1) is 8.30. The number of H-pyrrole nitrogens is 1. The summed E-state index contributed by atoms with van der Waals surface area (Å²) in [4.78, 5) is 0. The number of rotatable bonds is 1. The van der Waals surface area contributed by atoms with Crippen LogP contribution < -0.4 is 5.73 Å². The Morgan fingerprint density at radius 1 is 1.28 bits per heavy atom. The van der Waals surface area contributed by atoms with Crippen molar-refractivity contribution in [1.82, 2.24) is 10.2 Å². The van der Waals surface area contributed by atoms with Crippen molar-refractivity contribution in [2.45, 2.75) is 13.1 Å². The van der Waals surface area contributed by atoms with E-state index in [1.54, 1.807) is 6.92 Å². The van der Waals surface area contributed by atoms with Crippen LogP contribution in [0.3, 0.4) is 0 Å². The Hall–Kier alpha value is -2.05. The number of alkyl halides is 3. The molecular formula is C11H9F4N3. The van der Waals surface area contributed by atoms with Gasteiger partial charge < -0.3 is 5.73 Å². The molecule has 0 spiro atoms. The van der Waals surface area contributed by atoms with Gasteiger partial charge in [-0.2, -0.15) is 18.3 Å². The van der Waals surface area contributed by atoms with Gasteiger partial charge in [0.2, 0.25) is 0 Å². The predicted octanol–water partition coefficient (Wildman–Crippen LogP) is 3.13. The third kappa shape index (κ3) is 2.03. The lowest BCUT2D eigenvalue weighted by atomic mass is 10.0. The maximum atomic E-state index is 13.6. The zero-order valence-corrected chi connectivity index (χ0v) is 9.27. The molecule has 0 aliphatic rings. The maximum absolute atomic E-state index is 13.6. The van der Waals surface area contributed by atoms with E-state index in [4.69, 9.17) is 5.73 Å².